The van der Waals surface area contributed by atoms with E-state index in [1.807, 2.05) is 11.0 Å². The second-order valence-electron chi connectivity index (χ2n) is 6.90. The van der Waals surface area contributed by atoms with E-state index in [4.69, 9.17) is 9.47 Å². The third kappa shape index (κ3) is 5.42. The maximum atomic E-state index is 12.6. The monoisotopic (exact) mass is 423 g/mol. The van der Waals surface area contributed by atoms with E-state index in [2.05, 4.69) is 6.58 Å². The first-order valence-corrected chi connectivity index (χ1v) is 9.90. The average Bonchev–Trinajstić information content (AvgIpc) is 2.81. The van der Waals surface area contributed by atoms with E-state index in [9.17, 15) is 14.9 Å². The van der Waals surface area contributed by atoms with Gasteiger partial charge in [0.25, 0.3) is 5.69 Å². The number of piperazine rings is 1. The summed E-state index contributed by atoms with van der Waals surface area (Å²) in [5.74, 6) is 1.08. The van der Waals surface area contributed by atoms with Crippen LogP contribution >= 0.6 is 0 Å². The number of rotatable bonds is 8. The van der Waals surface area contributed by atoms with E-state index in [1.165, 1.54) is 12.1 Å². The Balaban J connectivity index is 1.61. The Morgan fingerprint density at radius 3 is 2.58 bits per heavy atom. The van der Waals surface area contributed by atoms with Gasteiger partial charge in [0.2, 0.25) is 5.91 Å². The van der Waals surface area contributed by atoms with Crippen molar-refractivity contribution in [3.63, 3.8) is 0 Å². The number of nitrogens with zero attached hydrogens (tertiary/aromatic N) is 3. The highest BCUT2D eigenvalue weighted by atomic mass is 16.6. The molecule has 0 spiro atoms. The molecule has 0 radical (unpaired) electrons. The maximum Gasteiger partial charge on any atom is 0.292 e. The third-order valence-electron chi connectivity index (χ3n) is 4.97. The van der Waals surface area contributed by atoms with Crippen LogP contribution in [0.2, 0.25) is 0 Å². The van der Waals surface area contributed by atoms with Gasteiger partial charge in [-0.3, -0.25) is 14.9 Å². The van der Waals surface area contributed by atoms with Crippen molar-refractivity contribution in [2.24, 2.45) is 0 Å². The average molecular weight is 423 g/mol. The minimum Gasteiger partial charge on any atom is -0.493 e. The van der Waals surface area contributed by atoms with E-state index in [-0.39, 0.29) is 16.5 Å². The van der Waals surface area contributed by atoms with E-state index < -0.39 is 0 Å². The molecule has 0 aromatic heterocycles. The molecule has 1 aliphatic rings. The number of methoxy groups -OCH3 is 1. The summed E-state index contributed by atoms with van der Waals surface area (Å²) in [6, 6.07) is 12.1. The molecule has 1 heterocycles. The number of carbonyl (C=O) groups excluding carboxylic acids is 1. The Labute approximate surface area is 181 Å². The van der Waals surface area contributed by atoms with Crippen molar-refractivity contribution in [3.05, 3.63) is 76.9 Å². The molecule has 2 aromatic rings. The Morgan fingerprint density at radius 2 is 1.90 bits per heavy atom. The van der Waals surface area contributed by atoms with Gasteiger partial charge in [-0.25, -0.2) is 0 Å². The number of ether oxygens (including phenoxy) is 2. The zero-order valence-corrected chi connectivity index (χ0v) is 17.4. The molecule has 1 aliphatic heterocycles. The summed E-state index contributed by atoms with van der Waals surface area (Å²) in [5, 5.41) is 11.3. The summed E-state index contributed by atoms with van der Waals surface area (Å²) in [6.07, 6.45) is 4.91. The van der Waals surface area contributed by atoms with Crippen LogP contribution in [-0.4, -0.2) is 55.6 Å². The number of hydrogen-bond donors (Lipinski definition) is 0. The molecule has 3 rings (SSSR count). The highest BCUT2D eigenvalue weighted by Gasteiger charge is 2.24. The molecule has 0 N–H and O–H groups in total. The van der Waals surface area contributed by atoms with Crippen LogP contribution < -0.4 is 14.4 Å². The van der Waals surface area contributed by atoms with Crippen molar-refractivity contribution >= 4 is 23.4 Å². The first kappa shape index (κ1) is 21.9. The minimum atomic E-state index is -0.377. The summed E-state index contributed by atoms with van der Waals surface area (Å²) in [6.45, 7) is 6.06. The second-order valence-corrected chi connectivity index (χ2v) is 6.90. The van der Waals surface area contributed by atoms with Crippen LogP contribution in [0.3, 0.4) is 0 Å². The highest BCUT2D eigenvalue weighted by molar-refractivity contribution is 5.92. The Morgan fingerprint density at radius 1 is 1.16 bits per heavy atom. The quantitative estimate of drug-likeness (QED) is 0.279. The number of para-hydroxylation sites is 2. The zero-order valence-electron chi connectivity index (χ0n) is 17.4. The molecule has 0 saturated carbocycles. The van der Waals surface area contributed by atoms with Crippen LogP contribution in [0, 0.1) is 10.1 Å². The van der Waals surface area contributed by atoms with Crippen LogP contribution in [0.5, 0.6) is 11.5 Å². The van der Waals surface area contributed by atoms with Crippen LogP contribution in [0.1, 0.15) is 5.56 Å². The fraction of sp³-hybridized carbons (Fsp3) is 0.261. The van der Waals surface area contributed by atoms with Gasteiger partial charge in [0, 0.05) is 38.3 Å². The summed E-state index contributed by atoms with van der Waals surface area (Å²) >= 11 is 0. The smallest absolute Gasteiger partial charge is 0.292 e. The number of benzene rings is 2. The molecule has 1 saturated heterocycles. The van der Waals surface area contributed by atoms with E-state index in [0.717, 1.165) is 5.56 Å². The first-order chi connectivity index (χ1) is 15.0. The van der Waals surface area contributed by atoms with E-state index >= 15 is 0 Å². The number of nitro groups is 1. The SMILES string of the molecule is C=CCOc1ccc(/C=C/C(=O)N2CCN(c3ccccc3[N+](=O)[O-])CC2)cc1OC. The van der Waals surface area contributed by atoms with Gasteiger partial charge in [-0.05, 0) is 29.8 Å². The molecule has 31 heavy (non-hydrogen) atoms. The van der Waals surface area contributed by atoms with Crippen LogP contribution in [0.4, 0.5) is 11.4 Å². The molecule has 0 atom stereocenters. The standard InChI is InChI=1S/C23H25N3O5/c1-3-16-31-21-10-8-18(17-22(21)30-2)9-11-23(27)25-14-12-24(13-15-25)19-6-4-5-7-20(19)26(28)29/h3-11,17H,1,12-16H2,2H3/b11-9+. The summed E-state index contributed by atoms with van der Waals surface area (Å²) < 4.78 is 10.9. The Kier molecular flexibility index (Phi) is 7.26. The summed E-state index contributed by atoms with van der Waals surface area (Å²) in [4.78, 5) is 27.2. The van der Waals surface area contributed by atoms with Gasteiger partial charge >= 0.3 is 0 Å². The number of hydrogen-bond acceptors (Lipinski definition) is 6. The highest BCUT2D eigenvalue weighted by Crippen LogP contribution is 2.29. The fourth-order valence-corrected chi connectivity index (χ4v) is 3.38. The van der Waals surface area contributed by atoms with Gasteiger partial charge in [0.1, 0.15) is 12.3 Å². The predicted molar refractivity (Wildman–Crippen MR) is 120 cm³/mol. The first-order valence-electron chi connectivity index (χ1n) is 9.90. The topological polar surface area (TPSA) is 85.2 Å². The van der Waals surface area contributed by atoms with Gasteiger partial charge in [0.05, 0.1) is 12.0 Å². The van der Waals surface area contributed by atoms with Gasteiger partial charge in [0.15, 0.2) is 11.5 Å². The normalized spacial score (nSPS) is 13.8. The van der Waals surface area contributed by atoms with Gasteiger partial charge < -0.3 is 19.3 Å². The molecule has 2 aromatic carbocycles. The van der Waals surface area contributed by atoms with Crippen molar-refractivity contribution in [1.82, 2.24) is 4.90 Å². The van der Waals surface area contributed by atoms with Crippen molar-refractivity contribution in [1.29, 1.82) is 0 Å². The van der Waals surface area contributed by atoms with Gasteiger partial charge in [-0.2, -0.15) is 0 Å². The van der Waals surface area contributed by atoms with E-state index in [0.29, 0.717) is 50.0 Å². The van der Waals surface area contributed by atoms with Crippen LogP contribution in [0.15, 0.2) is 61.2 Å². The number of carbonyl (C=O) groups is 1. The molecule has 8 nitrogen and oxygen atoms in total. The van der Waals surface area contributed by atoms with Crippen molar-refractivity contribution in [2.75, 3.05) is 44.8 Å². The molecule has 1 amide bonds. The Bertz CT molecular complexity index is 981. The Hall–Kier alpha value is -3.81. The molecular weight excluding hydrogens is 398 g/mol. The van der Waals surface area contributed by atoms with Gasteiger partial charge in [-0.1, -0.05) is 30.9 Å². The van der Waals surface area contributed by atoms with Crippen molar-refractivity contribution in [2.45, 2.75) is 0 Å². The summed E-state index contributed by atoms with van der Waals surface area (Å²) in [5.41, 5.74) is 1.48. The lowest BCUT2D eigenvalue weighted by Gasteiger charge is -2.35. The van der Waals surface area contributed by atoms with Crippen molar-refractivity contribution in [3.8, 4) is 11.5 Å². The zero-order chi connectivity index (χ0) is 22.2. The number of nitro benzene ring substituents is 1. The third-order valence-corrected chi connectivity index (χ3v) is 4.97. The largest absolute Gasteiger partial charge is 0.493 e. The van der Waals surface area contributed by atoms with Crippen LogP contribution in [-0.2, 0) is 4.79 Å². The fourth-order valence-electron chi connectivity index (χ4n) is 3.38. The minimum absolute atomic E-state index is 0.0802. The summed E-state index contributed by atoms with van der Waals surface area (Å²) in [7, 11) is 1.56. The van der Waals surface area contributed by atoms with Gasteiger partial charge in [-0.15, -0.1) is 0 Å². The lowest BCUT2D eigenvalue weighted by atomic mass is 10.1. The maximum absolute atomic E-state index is 12.6. The molecule has 0 unspecified atom stereocenters. The predicted octanol–water partition coefficient (Wildman–Crippen LogP) is 3.53. The van der Waals surface area contributed by atoms with Crippen molar-refractivity contribution < 1.29 is 19.2 Å². The molecule has 8 heteroatoms. The number of amides is 1. The molecule has 162 valence electrons. The number of anilines is 1. The second kappa shape index (κ2) is 10.3. The van der Waals surface area contributed by atoms with Crippen LogP contribution in [0.25, 0.3) is 6.08 Å². The molecule has 0 aliphatic carbocycles. The molecule has 1 fully saturated rings. The molecule has 0 bridgehead atoms. The lowest BCUT2D eigenvalue weighted by Crippen LogP contribution is -2.48. The van der Waals surface area contributed by atoms with E-state index in [1.54, 1.807) is 54.5 Å². The lowest BCUT2D eigenvalue weighted by molar-refractivity contribution is -0.384. The molecular formula is C23H25N3O5.